The number of aromatic nitrogens is 1. The van der Waals surface area contributed by atoms with Crippen LogP contribution in [0.2, 0.25) is 0 Å². The Labute approximate surface area is 207 Å². The molecular weight excluding hydrogens is 428 g/mol. The maximum atomic E-state index is 5.70. The maximum absolute atomic E-state index is 5.70. The molecule has 4 aromatic carbocycles. The lowest BCUT2D eigenvalue weighted by Gasteiger charge is -2.15. The van der Waals surface area contributed by atoms with Crippen LogP contribution in [0.5, 0.6) is 5.75 Å². The van der Waals surface area contributed by atoms with Crippen LogP contribution in [-0.2, 0) is 0 Å². The van der Waals surface area contributed by atoms with E-state index in [1.54, 1.807) is 0 Å². The minimum Gasteiger partial charge on any atom is -0.494 e. The predicted molar refractivity (Wildman–Crippen MR) is 146 cm³/mol. The number of hydrogen-bond acceptors (Lipinski definition) is 2. The summed E-state index contributed by atoms with van der Waals surface area (Å²) in [6, 6.07) is 39.8. The second-order valence-corrected chi connectivity index (χ2v) is 8.43. The van der Waals surface area contributed by atoms with Crippen LogP contribution < -0.4 is 4.74 Å². The molecule has 0 atom stereocenters. The quantitative estimate of drug-likeness (QED) is 0.226. The zero-order valence-electron chi connectivity index (χ0n) is 20.1. The van der Waals surface area contributed by atoms with Crippen LogP contribution in [0.1, 0.15) is 18.1 Å². The molecule has 0 radical (unpaired) electrons. The van der Waals surface area contributed by atoms with Crippen molar-refractivity contribution in [2.75, 3.05) is 6.61 Å². The first-order chi connectivity index (χ1) is 17.2. The molecule has 35 heavy (non-hydrogen) atoms. The summed E-state index contributed by atoms with van der Waals surface area (Å²) in [6.45, 7) is 4.73. The van der Waals surface area contributed by atoms with Crippen LogP contribution in [-0.4, -0.2) is 17.4 Å². The van der Waals surface area contributed by atoms with Crippen molar-refractivity contribution < 1.29 is 4.74 Å². The Balaban J connectivity index is 1.74. The zero-order valence-corrected chi connectivity index (χ0v) is 20.1. The Morgan fingerprint density at radius 3 is 2.09 bits per heavy atom. The number of benzene rings is 4. The first kappa shape index (κ1) is 22.4. The molecule has 0 fully saturated rings. The number of ether oxygens (including phenoxy) is 1. The van der Waals surface area contributed by atoms with Crippen molar-refractivity contribution in [2.24, 2.45) is 4.99 Å². The molecule has 0 saturated heterocycles. The molecular formula is C32H28N2O. The Hall–Kier alpha value is -4.37. The SMILES string of the molecule is CCOc1ccc(-n2c(-c3ccccc3)cc(C=Nc3cccc(C)c3)c2-c2ccccc2)cc1. The van der Waals surface area contributed by atoms with Crippen LogP contribution in [0.15, 0.2) is 120 Å². The maximum Gasteiger partial charge on any atom is 0.119 e. The Morgan fingerprint density at radius 2 is 1.43 bits per heavy atom. The molecule has 3 nitrogen and oxygen atoms in total. The van der Waals surface area contributed by atoms with Crippen molar-refractivity contribution in [1.82, 2.24) is 4.57 Å². The van der Waals surface area contributed by atoms with Crippen LogP contribution in [0.25, 0.3) is 28.2 Å². The lowest BCUT2D eigenvalue weighted by molar-refractivity contribution is 0.340. The van der Waals surface area contributed by atoms with Crippen molar-refractivity contribution in [2.45, 2.75) is 13.8 Å². The van der Waals surface area contributed by atoms with Crippen molar-refractivity contribution in [3.05, 3.63) is 126 Å². The molecule has 0 bridgehead atoms. The fourth-order valence-corrected chi connectivity index (χ4v) is 4.32. The van der Waals surface area contributed by atoms with Crippen LogP contribution in [0, 0.1) is 6.92 Å². The molecule has 1 aromatic heterocycles. The minimum absolute atomic E-state index is 0.646. The summed E-state index contributed by atoms with van der Waals surface area (Å²) in [7, 11) is 0. The summed E-state index contributed by atoms with van der Waals surface area (Å²) in [5.74, 6) is 0.868. The molecule has 5 rings (SSSR count). The van der Waals surface area contributed by atoms with Gasteiger partial charge >= 0.3 is 0 Å². The fourth-order valence-electron chi connectivity index (χ4n) is 4.32. The molecule has 0 aliphatic rings. The largest absolute Gasteiger partial charge is 0.494 e. The van der Waals surface area contributed by atoms with E-state index in [1.807, 2.05) is 49.5 Å². The van der Waals surface area contributed by atoms with E-state index in [0.29, 0.717) is 6.61 Å². The van der Waals surface area contributed by atoms with E-state index in [0.717, 1.165) is 45.2 Å². The number of rotatable bonds is 7. The highest BCUT2D eigenvalue weighted by Gasteiger charge is 2.18. The van der Waals surface area contributed by atoms with Gasteiger partial charge in [-0.2, -0.15) is 0 Å². The molecule has 0 N–H and O–H groups in total. The van der Waals surface area contributed by atoms with Gasteiger partial charge in [0.2, 0.25) is 0 Å². The van der Waals surface area contributed by atoms with Gasteiger partial charge in [-0.25, -0.2) is 0 Å². The van der Waals surface area contributed by atoms with Gasteiger partial charge in [-0.05, 0) is 73.0 Å². The Kier molecular flexibility index (Phi) is 6.58. The van der Waals surface area contributed by atoms with Gasteiger partial charge in [-0.1, -0.05) is 72.8 Å². The molecule has 0 unspecified atom stereocenters. The lowest BCUT2D eigenvalue weighted by atomic mass is 10.1. The molecule has 0 aliphatic heterocycles. The molecule has 0 saturated carbocycles. The molecule has 3 heteroatoms. The average Bonchev–Trinajstić information content (AvgIpc) is 3.29. The fraction of sp³-hybridized carbons (Fsp3) is 0.0938. The highest BCUT2D eigenvalue weighted by Crippen LogP contribution is 2.36. The monoisotopic (exact) mass is 456 g/mol. The van der Waals surface area contributed by atoms with Crippen molar-refractivity contribution in [3.8, 4) is 34.0 Å². The van der Waals surface area contributed by atoms with Gasteiger partial charge in [0, 0.05) is 17.5 Å². The van der Waals surface area contributed by atoms with Crippen LogP contribution in [0.3, 0.4) is 0 Å². The Bertz CT molecular complexity index is 1430. The Morgan fingerprint density at radius 1 is 0.743 bits per heavy atom. The predicted octanol–water partition coefficient (Wildman–Crippen LogP) is 8.27. The van der Waals surface area contributed by atoms with Gasteiger partial charge in [0.05, 0.1) is 23.7 Å². The van der Waals surface area contributed by atoms with Crippen molar-refractivity contribution in [1.29, 1.82) is 0 Å². The van der Waals surface area contributed by atoms with E-state index < -0.39 is 0 Å². The number of hydrogen-bond donors (Lipinski definition) is 0. The third-order valence-electron chi connectivity index (χ3n) is 5.91. The van der Waals surface area contributed by atoms with Gasteiger partial charge in [-0.3, -0.25) is 4.99 Å². The third-order valence-corrected chi connectivity index (χ3v) is 5.91. The summed E-state index contributed by atoms with van der Waals surface area (Å²) in [4.78, 5) is 4.85. The molecule has 172 valence electrons. The summed E-state index contributed by atoms with van der Waals surface area (Å²) in [5, 5.41) is 0. The summed E-state index contributed by atoms with van der Waals surface area (Å²) in [6.07, 6.45) is 1.98. The minimum atomic E-state index is 0.646. The van der Waals surface area contributed by atoms with Crippen molar-refractivity contribution >= 4 is 11.9 Å². The molecule has 1 heterocycles. The first-order valence-electron chi connectivity index (χ1n) is 11.9. The normalized spacial score (nSPS) is 11.1. The second kappa shape index (κ2) is 10.3. The molecule has 5 aromatic rings. The highest BCUT2D eigenvalue weighted by molar-refractivity contribution is 5.94. The summed E-state index contributed by atoms with van der Waals surface area (Å²) < 4.78 is 8.02. The van der Waals surface area contributed by atoms with E-state index in [2.05, 4.69) is 90.4 Å². The average molecular weight is 457 g/mol. The lowest BCUT2D eigenvalue weighted by Crippen LogP contribution is -2.01. The van der Waals surface area contributed by atoms with E-state index in [9.17, 15) is 0 Å². The number of aryl methyl sites for hydroxylation is 1. The topological polar surface area (TPSA) is 26.5 Å². The molecule has 0 aliphatic carbocycles. The van der Waals surface area contributed by atoms with Crippen LogP contribution in [0.4, 0.5) is 5.69 Å². The van der Waals surface area contributed by atoms with Gasteiger partial charge in [0.15, 0.2) is 0 Å². The summed E-state index contributed by atoms with van der Waals surface area (Å²) >= 11 is 0. The van der Waals surface area contributed by atoms with E-state index >= 15 is 0 Å². The zero-order chi connectivity index (χ0) is 24.0. The van der Waals surface area contributed by atoms with E-state index in [-0.39, 0.29) is 0 Å². The molecule has 0 spiro atoms. The third kappa shape index (κ3) is 4.95. The summed E-state index contributed by atoms with van der Waals surface area (Å²) in [5.41, 5.74) is 8.76. The number of aliphatic imine (C=N–C) groups is 1. The van der Waals surface area contributed by atoms with E-state index in [1.165, 1.54) is 5.56 Å². The number of nitrogens with zero attached hydrogens (tertiary/aromatic N) is 2. The standard InChI is InChI=1S/C32H28N2O/c1-3-35-30-19-17-29(18-20-30)34-31(25-12-6-4-7-13-25)22-27(32(34)26-14-8-5-9-15-26)23-33-28-16-10-11-24(2)21-28/h4-23H,3H2,1-2H3. The van der Waals surface area contributed by atoms with E-state index in [4.69, 9.17) is 9.73 Å². The second-order valence-electron chi connectivity index (χ2n) is 8.43. The van der Waals surface area contributed by atoms with Gasteiger partial charge < -0.3 is 9.30 Å². The van der Waals surface area contributed by atoms with Gasteiger partial charge in [-0.15, -0.1) is 0 Å². The highest BCUT2D eigenvalue weighted by atomic mass is 16.5. The van der Waals surface area contributed by atoms with Crippen molar-refractivity contribution in [3.63, 3.8) is 0 Å². The first-order valence-corrected chi connectivity index (χ1v) is 11.9. The van der Waals surface area contributed by atoms with Gasteiger partial charge in [0.1, 0.15) is 5.75 Å². The van der Waals surface area contributed by atoms with Gasteiger partial charge in [0.25, 0.3) is 0 Å². The smallest absolute Gasteiger partial charge is 0.119 e. The van der Waals surface area contributed by atoms with Crippen LogP contribution >= 0.6 is 0 Å². The molecule has 0 amide bonds.